The number of rotatable bonds is 3. The number of carboxylic acid groups (broad SMARTS) is 1. The maximum Gasteiger partial charge on any atom is 0.309 e. The van der Waals surface area contributed by atoms with Crippen molar-refractivity contribution in [3.05, 3.63) is 18.2 Å². The number of aromatic nitrogens is 2. The first-order valence-electron chi connectivity index (χ1n) is 7.09. The van der Waals surface area contributed by atoms with Crippen LogP contribution in [0.5, 0.6) is 0 Å². The van der Waals surface area contributed by atoms with Gasteiger partial charge >= 0.3 is 5.97 Å². The van der Waals surface area contributed by atoms with Crippen LogP contribution in [0.2, 0.25) is 0 Å². The van der Waals surface area contributed by atoms with Gasteiger partial charge in [0.1, 0.15) is 0 Å². The van der Waals surface area contributed by atoms with Crippen LogP contribution < -0.4 is 0 Å². The van der Waals surface area contributed by atoms with Crippen LogP contribution in [0.3, 0.4) is 0 Å². The highest BCUT2D eigenvalue weighted by Crippen LogP contribution is 2.41. The van der Waals surface area contributed by atoms with Crippen LogP contribution in [-0.2, 0) is 9.59 Å². The van der Waals surface area contributed by atoms with Crippen molar-refractivity contribution in [2.45, 2.75) is 44.2 Å². The lowest BCUT2D eigenvalue weighted by Gasteiger charge is -2.31. The zero-order chi connectivity index (χ0) is 14.3. The van der Waals surface area contributed by atoms with Crippen LogP contribution in [0, 0.1) is 5.92 Å². The fraction of sp³-hybridized carbons (Fsp3) is 0.643. The predicted octanol–water partition coefficient (Wildman–Crippen LogP) is 1.60. The van der Waals surface area contributed by atoms with E-state index in [9.17, 15) is 14.7 Å². The van der Waals surface area contributed by atoms with E-state index in [0.717, 1.165) is 18.5 Å². The first kappa shape index (κ1) is 13.1. The molecule has 2 heterocycles. The molecule has 1 saturated heterocycles. The highest BCUT2D eigenvalue weighted by molar-refractivity contribution is 5.79. The van der Waals surface area contributed by atoms with Crippen LogP contribution >= 0.6 is 0 Å². The summed E-state index contributed by atoms with van der Waals surface area (Å²) in [6, 6.07) is 0.0132. The van der Waals surface area contributed by atoms with E-state index in [1.165, 1.54) is 0 Å². The van der Waals surface area contributed by atoms with Gasteiger partial charge in [0.05, 0.1) is 30.2 Å². The molecule has 1 aromatic rings. The zero-order valence-corrected chi connectivity index (χ0v) is 11.5. The van der Waals surface area contributed by atoms with Gasteiger partial charge in [0.15, 0.2) is 0 Å². The average Bonchev–Trinajstić information content (AvgIpc) is 3.17. The van der Waals surface area contributed by atoms with Crippen molar-refractivity contribution in [3.8, 4) is 0 Å². The fourth-order valence-electron chi connectivity index (χ4n) is 3.10. The second-order valence-electron chi connectivity index (χ2n) is 5.74. The third-order valence-corrected chi connectivity index (χ3v) is 4.35. The van der Waals surface area contributed by atoms with Gasteiger partial charge in [0.25, 0.3) is 0 Å². The topological polar surface area (TPSA) is 75.4 Å². The van der Waals surface area contributed by atoms with Gasteiger partial charge in [-0.15, -0.1) is 0 Å². The van der Waals surface area contributed by atoms with E-state index in [0.29, 0.717) is 25.3 Å². The number of hydrogen-bond donors (Lipinski definition) is 1. The third-order valence-electron chi connectivity index (χ3n) is 4.35. The lowest BCUT2D eigenvalue weighted by molar-refractivity contribution is -0.145. The number of imidazole rings is 1. The molecule has 6 nitrogen and oxygen atoms in total. The lowest BCUT2D eigenvalue weighted by atomic mass is 9.92. The summed E-state index contributed by atoms with van der Waals surface area (Å²) in [7, 11) is 1.71. The molecule has 0 radical (unpaired) electrons. The van der Waals surface area contributed by atoms with Crippen molar-refractivity contribution in [2.24, 2.45) is 5.92 Å². The fourth-order valence-corrected chi connectivity index (χ4v) is 3.10. The Balaban J connectivity index is 2.01. The molecule has 20 heavy (non-hydrogen) atoms. The van der Waals surface area contributed by atoms with Gasteiger partial charge in [-0.1, -0.05) is 0 Å². The maximum absolute atomic E-state index is 12.1. The molecule has 1 aromatic heterocycles. The highest BCUT2D eigenvalue weighted by atomic mass is 16.4. The van der Waals surface area contributed by atoms with E-state index in [1.807, 2.05) is 0 Å². The number of likely N-dealkylation sites (tertiary alicyclic amines) is 1. The summed E-state index contributed by atoms with van der Waals surface area (Å²) >= 11 is 0. The van der Waals surface area contributed by atoms with Crippen LogP contribution in [-0.4, -0.2) is 38.5 Å². The Hall–Kier alpha value is -1.85. The predicted molar refractivity (Wildman–Crippen MR) is 71.0 cm³/mol. The first-order valence-corrected chi connectivity index (χ1v) is 7.09. The molecule has 0 aromatic carbocycles. The summed E-state index contributed by atoms with van der Waals surface area (Å²) in [6.45, 7) is 0. The van der Waals surface area contributed by atoms with E-state index < -0.39 is 17.9 Å². The SMILES string of the molecule is CN1C(=O)CCCC(C(=O)O)C1c1cncn1C1CC1. The second-order valence-corrected chi connectivity index (χ2v) is 5.74. The Morgan fingerprint density at radius 2 is 2.15 bits per heavy atom. The van der Waals surface area contributed by atoms with Crippen molar-refractivity contribution in [3.63, 3.8) is 0 Å². The molecular formula is C14H19N3O3. The minimum Gasteiger partial charge on any atom is -0.481 e. The quantitative estimate of drug-likeness (QED) is 0.910. The zero-order valence-electron chi connectivity index (χ0n) is 11.5. The summed E-state index contributed by atoms with van der Waals surface area (Å²) in [4.78, 5) is 29.5. The minimum absolute atomic E-state index is 0.0160. The van der Waals surface area contributed by atoms with Gasteiger partial charge < -0.3 is 14.6 Å². The molecule has 3 rings (SSSR count). The Labute approximate surface area is 117 Å². The van der Waals surface area contributed by atoms with Crippen molar-refractivity contribution in [2.75, 3.05) is 7.05 Å². The van der Waals surface area contributed by atoms with Gasteiger partial charge in [0, 0.05) is 19.5 Å². The highest BCUT2D eigenvalue weighted by Gasteiger charge is 2.40. The average molecular weight is 277 g/mol. The van der Waals surface area contributed by atoms with Gasteiger partial charge in [-0.3, -0.25) is 9.59 Å². The monoisotopic (exact) mass is 277 g/mol. The molecule has 2 fully saturated rings. The van der Waals surface area contributed by atoms with Crippen LogP contribution in [0.1, 0.15) is 49.9 Å². The summed E-state index contributed by atoms with van der Waals surface area (Å²) in [5.74, 6) is -1.37. The molecule has 2 atom stereocenters. The molecule has 2 aliphatic rings. The number of amides is 1. The molecule has 1 aliphatic heterocycles. The van der Waals surface area contributed by atoms with Crippen molar-refractivity contribution >= 4 is 11.9 Å². The molecule has 6 heteroatoms. The van der Waals surface area contributed by atoms with E-state index in [4.69, 9.17) is 0 Å². The smallest absolute Gasteiger partial charge is 0.309 e. The van der Waals surface area contributed by atoms with Gasteiger partial charge in [-0.25, -0.2) is 4.98 Å². The molecule has 0 bridgehead atoms. The third kappa shape index (κ3) is 2.19. The first-order chi connectivity index (χ1) is 9.59. The van der Waals surface area contributed by atoms with E-state index in [2.05, 4.69) is 9.55 Å². The van der Waals surface area contributed by atoms with E-state index in [1.54, 1.807) is 24.5 Å². The standard InChI is InChI=1S/C14H19N3O3/c1-16-12(18)4-2-3-10(14(19)20)13(16)11-7-15-8-17(11)9-5-6-9/h7-10,13H,2-6H2,1H3,(H,19,20). The Kier molecular flexibility index (Phi) is 3.23. The van der Waals surface area contributed by atoms with E-state index >= 15 is 0 Å². The number of carboxylic acids is 1. The Morgan fingerprint density at radius 1 is 1.40 bits per heavy atom. The minimum atomic E-state index is -0.833. The molecule has 1 aliphatic carbocycles. The largest absolute Gasteiger partial charge is 0.481 e. The summed E-state index contributed by atoms with van der Waals surface area (Å²) in [5, 5.41) is 9.51. The van der Waals surface area contributed by atoms with Gasteiger partial charge in [-0.2, -0.15) is 0 Å². The van der Waals surface area contributed by atoms with Crippen LogP contribution in [0.25, 0.3) is 0 Å². The van der Waals surface area contributed by atoms with Gasteiger partial charge in [0.2, 0.25) is 5.91 Å². The normalized spacial score (nSPS) is 27.4. The Morgan fingerprint density at radius 3 is 2.80 bits per heavy atom. The second kappa shape index (κ2) is 4.92. The number of carbonyl (C=O) groups is 2. The summed E-state index contributed by atoms with van der Waals surface area (Å²) < 4.78 is 2.05. The number of hydrogen-bond acceptors (Lipinski definition) is 3. The number of aliphatic carboxylic acids is 1. The molecule has 1 saturated carbocycles. The Bertz CT molecular complexity index is 536. The molecule has 1 amide bonds. The van der Waals surface area contributed by atoms with Gasteiger partial charge in [-0.05, 0) is 25.7 Å². The maximum atomic E-state index is 12.1. The van der Waals surface area contributed by atoms with Crippen LogP contribution in [0.4, 0.5) is 0 Å². The summed E-state index contributed by atoms with van der Waals surface area (Å²) in [6.07, 6.45) is 7.27. The number of carbonyl (C=O) groups excluding carboxylic acids is 1. The molecule has 2 unspecified atom stereocenters. The molecule has 108 valence electrons. The van der Waals surface area contributed by atoms with E-state index in [-0.39, 0.29) is 5.91 Å². The lowest BCUT2D eigenvalue weighted by Crippen LogP contribution is -2.37. The van der Waals surface area contributed by atoms with Crippen molar-refractivity contribution < 1.29 is 14.7 Å². The van der Waals surface area contributed by atoms with Crippen molar-refractivity contribution in [1.29, 1.82) is 0 Å². The molecule has 1 N–H and O–H groups in total. The molecular weight excluding hydrogens is 258 g/mol. The molecule has 0 spiro atoms. The van der Waals surface area contributed by atoms with Crippen molar-refractivity contribution in [1.82, 2.24) is 14.5 Å². The summed E-state index contributed by atoms with van der Waals surface area (Å²) in [5.41, 5.74) is 0.859. The number of nitrogens with zero attached hydrogens (tertiary/aromatic N) is 3. The van der Waals surface area contributed by atoms with Crippen LogP contribution in [0.15, 0.2) is 12.5 Å².